The molecule has 5 heteroatoms. The Labute approximate surface area is 96.1 Å². The van der Waals surface area contributed by atoms with Gasteiger partial charge in [0.05, 0.1) is 12.1 Å². The molecular weight excluding hydrogens is 204 g/mol. The van der Waals surface area contributed by atoms with Gasteiger partial charge in [-0.25, -0.2) is 9.97 Å². The maximum Gasteiger partial charge on any atom is 0.135 e. The molecule has 1 rings (SSSR count). The molecule has 0 saturated heterocycles. The Balaban J connectivity index is 2.99. The number of anilines is 2. The van der Waals surface area contributed by atoms with E-state index < -0.39 is 5.54 Å². The fourth-order valence-corrected chi connectivity index (χ4v) is 1.39. The molecule has 1 aromatic heterocycles. The van der Waals surface area contributed by atoms with E-state index in [1.807, 2.05) is 13.8 Å². The van der Waals surface area contributed by atoms with Gasteiger partial charge in [-0.1, -0.05) is 13.3 Å². The number of hydrogen-bond donors (Lipinski definition) is 3. The molecule has 0 amide bonds. The predicted molar refractivity (Wildman–Crippen MR) is 65.2 cm³/mol. The molecule has 1 heterocycles. The molecule has 0 saturated carbocycles. The summed E-state index contributed by atoms with van der Waals surface area (Å²) in [5, 5.41) is 12.4. The molecule has 0 aliphatic rings. The number of aliphatic hydroxyl groups is 1. The number of aromatic nitrogens is 2. The summed E-state index contributed by atoms with van der Waals surface area (Å²) < 4.78 is 0. The Hall–Kier alpha value is -1.36. The lowest BCUT2D eigenvalue weighted by Crippen LogP contribution is -2.35. The predicted octanol–water partition coefficient (Wildman–Crippen LogP) is 1.19. The molecule has 0 aliphatic carbocycles. The van der Waals surface area contributed by atoms with Gasteiger partial charge in [-0.05, 0) is 20.3 Å². The fraction of sp³-hybridized carbons (Fsp3) is 0.636. The highest BCUT2D eigenvalue weighted by Gasteiger charge is 2.19. The zero-order chi connectivity index (χ0) is 12.2. The summed E-state index contributed by atoms with van der Waals surface area (Å²) in [5.41, 5.74) is 6.32. The number of aliphatic hydroxyl groups excluding tert-OH is 1. The highest BCUT2D eigenvalue weighted by molar-refractivity contribution is 5.56. The van der Waals surface area contributed by atoms with Gasteiger partial charge < -0.3 is 16.2 Å². The van der Waals surface area contributed by atoms with Crippen molar-refractivity contribution in [1.29, 1.82) is 0 Å². The summed E-state index contributed by atoms with van der Waals surface area (Å²) >= 11 is 0. The first-order valence-corrected chi connectivity index (χ1v) is 5.48. The third-order valence-corrected chi connectivity index (χ3v) is 2.33. The largest absolute Gasteiger partial charge is 0.394 e. The summed E-state index contributed by atoms with van der Waals surface area (Å²) in [7, 11) is 0. The Morgan fingerprint density at radius 1 is 1.44 bits per heavy atom. The molecular formula is C11H20N4O. The van der Waals surface area contributed by atoms with E-state index in [4.69, 9.17) is 5.73 Å². The van der Waals surface area contributed by atoms with E-state index in [1.54, 1.807) is 0 Å². The second kappa shape index (κ2) is 5.12. The third kappa shape index (κ3) is 3.06. The molecule has 0 unspecified atom stereocenters. The smallest absolute Gasteiger partial charge is 0.135 e. The van der Waals surface area contributed by atoms with E-state index in [2.05, 4.69) is 22.2 Å². The molecule has 1 aromatic rings. The molecule has 0 bridgehead atoms. The van der Waals surface area contributed by atoms with Crippen molar-refractivity contribution < 1.29 is 5.11 Å². The van der Waals surface area contributed by atoms with Crippen molar-refractivity contribution in [2.24, 2.45) is 0 Å². The molecule has 90 valence electrons. The number of nitrogens with one attached hydrogen (secondary N) is 1. The van der Waals surface area contributed by atoms with Crippen LogP contribution >= 0.6 is 0 Å². The van der Waals surface area contributed by atoms with Crippen LogP contribution in [0.25, 0.3) is 0 Å². The van der Waals surface area contributed by atoms with Crippen molar-refractivity contribution >= 4 is 11.6 Å². The minimum atomic E-state index is -0.413. The molecule has 0 aliphatic heterocycles. The van der Waals surface area contributed by atoms with E-state index in [-0.39, 0.29) is 6.61 Å². The summed E-state index contributed by atoms with van der Waals surface area (Å²) in [6.45, 7) is 5.91. The quantitative estimate of drug-likeness (QED) is 0.699. The van der Waals surface area contributed by atoms with Gasteiger partial charge in [-0.3, -0.25) is 0 Å². The summed E-state index contributed by atoms with van der Waals surface area (Å²) in [6.07, 6.45) is 3.24. The molecule has 16 heavy (non-hydrogen) atoms. The van der Waals surface area contributed by atoms with Crippen LogP contribution < -0.4 is 11.1 Å². The second-order valence-corrected chi connectivity index (χ2v) is 4.50. The van der Waals surface area contributed by atoms with Gasteiger partial charge in [-0.2, -0.15) is 0 Å². The van der Waals surface area contributed by atoms with Crippen LogP contribution in [0.4, 0.5) is 11.6 Å². The molecule has 0 fully saturated rings. The molecule has 0 aromatic carbocycles. The summed E-state index contributed by atoms with van der Waals surface area (Å²) in [4.78, 5) is 8.16. The van der Waals surface area contributed by atoms with E-state index in [0.717, 1.165) is 18.4 Å². The zero-order valence-corrected chi connectivity index (χ0v) is 10.1. The lowest BCUT2D eigenvalue weighted by molar-refractivity contribution is 0.234. The van der Waals surface area contributed by atoms with Crippen LogP contribution in [0.1, 0.15) is 32.8 Å². The van der Waals surface area contributed by atoms with Crippen molar-refractivity contribution in [3.8, 4) is 0 Å². The van der Waals surface area contributed by atoms with Gasteiger partial charge in [-0.15, -0.1) is 0 Å². The van der Waals surface area contributed by atoms with Crippen molar-refractivity contribution in [2.75, 3.05) is 17.7 Å². The minimum Gasteiger partial charge on any atom is -0.394 e. The van der Waals surface area contributed by atoms with Gasteiger partial charge in [0.1, 0.15) is 18.0 Å². The van der Waals surface area contributed by atoms with Crippen LogP contribution in [0, 0.1) is 0 Å². The maximum absolute atomic E-state index is 9.21. The highest BCUT2D eigenvalue weighted by atomic mass is 16.3. The van der Waals surface area contributed by atoms with Crippen LogP contribution in [0.2, 0.25) is 0 Å². The molecule has 0 radical (unpaired) electrons. The standard InChI is InChI=1S/C11H20N4O/c1-4-5-8-9(12)13-7-14-10(8)15-11(2,3)6-16/h7,16H,4-6H2,1-3H3,(H3,12,13,14,15). The molecule has 4 N–H and O–H groups in total. The number of nitrogens with two attached hydrogens (primary N) is 1. The average molecular weight is 224 g/mol. The average Bonchev–Trinajstić information content (AvgIpc) is 2.23. The van der Waals surface area contributed by atoms with Gasteiger partial charge in [0.2, 0.25) is 0 Å². The van der Waals surface area contributed by atoms with Crippen LogP contribution in [-0.2, 0) is 6.42 Å². The maximum atomic E-state index is 9.21. The zero-order valence-electron chi connectivity index (χ0n) is 10.1. The van der Waals surface area contributed by atoms with Crippen molar-refractivity contribution in [1.82, 2.24) is 9.97 Å². The molecule has 0 spiro atoms. The fourth-order valence-electron chi connectivity index (χ4n) is 1.39. The Kier molecular flexibility index (Phi) is 4.06. The number of rotatable bonds is 5. The molecule has 0 atom stereocenters. The highest BCUT2D eigenvalue weighted by Crippen LogP contribution is 2.22. The van der Waals surface area contributed by atoms with Gasteiger partial charge in [0.15, 0.2) is 0 Å². The normalized spacial score (nSPS) is 11.5. The minimum absolute atomic E-state index is 0.0302. The van der Waals surface area contributed by atoms with Crippen LogP contribution in [0.15, 0.2) is 6.33 Å². The lowest BCUT2D eigenvalue weighted by atomic mass is 10.1. The van der Waals surface area contributed by atoms with Crippen LogP contribution in [0.3, 0.4) is 0 Å². The van der Waals surface area contributed by atoms with E-state index in [0.29, 0.717) is 11.6 Å². The summed E-state index contributed by atoms with van der Waals surface area (Å²) in [5.74, 6) is 1.22. The van der Waals surface area contributed by atoms with Gasteiger partial charge >= 0.3 is 0 Å². The van der Waals surface area contributed by atoms with Gasteiger partial charge in [0, 0.05) is 5.56 Å². The van der Waals surface area contributed by atoms with E-state index >= 15 is 0 Å². The monoisotopic (exact) mass is 224 g/mol. The topological polar surface area (TPSA) is 84.1 Å². The van der Waals surface area contributed by atoms with Gasteiger partial charge in [0.25, 0.3) is 0 Å². The Morgan fingerprint density at radius 2 is 2.12 bits per heavy atom. The third-order valence-electron chi connectivity index (χ3n) is 2.33. The van der Waals surface area contributed by atoms with E-state index in [9.17, 15) is 5.11 Å². The Bertz CT molecular complexity index is 352. The first-order chi connectivity index (χ1) is 7.50. The van der Waals surface area contributed by atoms with Crippen LogP contribution in [0.5, 0.6) is 0 Å². The number of nitrogens with zero attached hydrogens (tertiary/aromatic N) is 2. The Morgan fingerprint density at radius 3 is 2.69 bits per heavy atom. The SMILES string of the molecule is CCCc1c(N)ncnc1NC(C)(C)CO. The van der Waals surface area contributed by atoms with Crippen LogP contribution in [-0.4, -0.2) is 27.2 Å². The van der Waals surface area contributed by atoms with Crippen molar-refractivity contribution in [3.05, 3.63) is 11.9 Å². The van der Waals surface area contributed by atoms with Crippen molar-refractivity contribution in [3.63, 3.8) is 0 Å². The molecule has 5 nitrogen and oxygen atoms in total. The summed E-state index contributed by atoms with van der Waals surface area (Å²) in [6, 6.07) is 0. The van der Waals surface area contributed by atoms with E-state index in [1.165, 1.54) is 6.33 Å². The first-order valence-electron chi connectivity index (χ1n) is 5.48. The first kappa shape index (κ1) is 12.7. The lowest BCUT2D eigenvalue weighted by Gasteiger charge is -2.25. The van der Waals surface area contributed by atoms with Crippen molar-refractivity contribution in [2.45, 2.75) is 39.2 Å². The second-order valence-electron chi connectivity index (χ2n) is 4.50. The number of hydrogen-bond acceptors (Lipinski definition) is 5. The number of nitrogen functional groups attached to an aromatic ring is 1.